The summed E-state index contributed by atoms with van der Waals surface area (Å²) in [5.41, 5.74) is 3.60. The summed E-state index contributed by atoms with van der Waals surface area (Å²) < 4.78 is 40.4. The Bertz CT molecular complexity index is 986. The smallest absolute Gasteiger partial charge is 0.317 e. The van der Waals surface area contributed by atoms with Crippen LogP contribution in [0.5, 0.6) is 0 Å². The average molecular weight is 420 g/mol. The van der Waals surface area contributed by atoms with Crippen molar-refractivity contribution in [3.8, 4) is 0 Å². The van der Waals surface area contributed by atoms with E-state index in [0.29, 0.717) is 6.54 Å². The van der Waals surface area contributed by atoms with E-state index in [0.717, 1.165) is 12.5 Å². The van der Waals surface area contributed by atoms with E-state index in [2.05, 4.69) is 30.4 Å². The fraction of sp³-hybridized carbons (Fsp3) is 0.381. The Balaban J connectivity index is 1.51. The number of rotatable bonds is 5. The van der Waals surface area contributed by atoms with Gasteiger partial charge in [0.25, 0.3) is 0 Å². The molecule has 156 valence electrons. The maximum Gasteiger partial charge on any atom is 0.317 e. The molecule has 1 aliphatic rings. The third-order valence-electron chi connectivity index (χ3n) is 5.15. The van der Waals surface area contributed by atoms with E-state index >= 15 is 0 Å². The zero-order chi connectivity index (χ0) is 21.0. The van der Waals surface area contributed by atoms with E-state index in [4.69, 9.17) is 0 Å². The lowest BCUT2D eigenvalue weighted by Crippen LogP contribution is -2.53. The summed E-state index contributed by atoms with van der Waals surface area (Å²) in [7, 11) is -3.90. The van der Waals surface area contributed by atoms with E-state index in [9.17, 15) is 17.6 Å². The number of carbonyl (C=O) groups is 1. The predicted octanol–water partition coefficient (Wildman–Crippen LogP) is 2.70. The van der Waals surface area contributed by atoms with Gasteiger partial charge >= 0.3 is 6.03 Å². The topological polar surface area (TPSA) is 69.7 Å². The van der Waals surface area contributed by atoms with Crippen LogP contribution in [-0.4, -0.2) is 56.4 Å². The van der Waals surface area contributed by atoms with Crippen molar-refractivity contribution in [2.45, 2.75) is 25.2 Å². The maximum absolute atomic E-state index is 13.9. The van der Waals surface area contributed by atoms with Gasteiger partial charge < -0.3 is 10.2 Å². The number of piperazine rings is 1. The molecule has 8 heteroatoms. The molecule has 1 aliphatic heterocycles. The zero-order valence-corrected chi connectivity index (χ0v) is 17.5. The summed E-state index contributed by atoms with van der Waals surface area (Å²) in [5.74, 6) is -0.765. The molecule has 3 rings (SSSR count). The highest BCUT2D eigenvalue weighted by atomic mass is 32.2. The second-order valence-corrected chi connectivity index (χ2v) is 9.14. The van der Waals surface area contributed by atoms with Crippen molar-refractivity contribution in [1.29, 1.82) is 0 Å². The molecule has 0 aromatic heterocycles. The predicted molar refractivity (Wildman–Crippen MR) is 110 cm³/mol. The molecular formula is C21H26FN3O3S. The van der Waals surface area contributed by atoms with Crippen LogP contribution in [0.3, 0.4) is 0 Å². The van der Waals surface area contributed by atoms with Crippen molar-refractivity contribution >= 4 is 16.1 Å². The molecule has 0 radical (unpaired) electrons. The lowest BCUT2D eigenvalue weighted by molar-refractivity contribution is 0.172. The van der Waals surface area contributed by atoms with E-state index in [1.807, 2.05) is 6.92 Å². The molecular weight excluding hydrogens is 393 g/mol. The van der Waals surface area contributed by atoms with Gasteiger partial charge in [-0.05, 0) is 43.5 Å². The minimum atomic E-state index is -3.90. The molecule has 1 heterocycles. The lowest BCUT2D eigenvalue weighted by atomic mass is 10.0. The quantitative estimate of drug-likeness (QED) is 0.810. The first-order chi connectivity index (χ1) is 13.8. The lowest BCUT2D eigenvalue weighted by Gasteiger charge is -2.34. The Labute approximate surface area is 171 Å². The standard InChI is InChI=1S/C21H26FN3O3S/c1-16-7-8-18(17(2)15-16)9-10-23-21(26)24-11-13-25(14-12-24)29(27,28)20-6-4-3-5-19(20)22/h3-8,15H,9-14H2,1-2H3,(H,23,26). The van der Waals surface area contributed by atoms with Crippen LogP contribution in [-0.2, 0) is 16.4 Å². The molecule has 1 fully saturated rings. The van der Waals surface area contributed by atoms with Gasteiger partial charge in [0.05, 0.1) is 0 Å². The van der Waals surface area contributed by atoms with Crippen molar-refractivity contribution in [3.05, 3.63) is 65.0 Å². The monoisotopic (exact) mass is 419 g/mol. The minimum absolute atomic E-state index is 0.140. The molecule has 0 unspecified atom stereocenters. The summed E-state index contributed by atoms with van der Waals surface area (Å²) >= 11 is 0. The maximum atomic E-state index is 13.9. The molecule has 2 amide bonds. The number of aryl methyl sites for hydroxylation is 2. The van der Waals surface area contributed by atoms with Crippen molar-refractivity contribution in [2.75, 3.05) is 32.7 Å². The Morgan fingerprint density at radius 2 is 1.76 bits per heavy atom. The number of nitrogens with one attached hydrogen (secondary N) is 1. The number of hydrogen-bond donors (Lipinski definition) is 1. The Morgan fingerprint density at radius 3 is 2.41 bits per heavy atom. The third kappa shape index (κ3) is 4.94. The molecule has 1 saturated heterocycles. The van der Waals surface area contributed by atoms with E-state index in [1.54, 1.807) is 4.90 Å². The van der Waals surface area contributed by atoms with Gasteiger partial charge in [-0.25, -0.2) is 17.6 Å². The van der Waals surface area contributed by atoms with Crippen LogP contribution in [0.15, 0.2) is 47.4 Å². The Kier molecular flexibility index (Phi) is 6.54. The first kappa shape index (κ1) is 21.3. The third-order valence-corrected chi connectivity index (χ3v) is 7.08. The van der Waals surface area contributed by atoms with Gasteiger partial charge in [-0.3, -0.25) is 0 Å². The molecule has 0 aliphatic carbocycles. The zero-order valence-electron chi connectivity index (χ0n) is 16.7. The van der Waals surface area contributed by atoms with Crippen LogP contribution in [0.2, 0.25) is 0 Å². The van der Waals surface area contributed by atoms with Gasteiger partial charge in [0, 0.05) is 32.7 Å². The van der Waals surface area contributed by atoms with Crippen molar-refractivity contribution < 1.29 is 17.6 Å². The highest BCUT2D eigenvalue weighted by Crippen LogP contribution is 2.20. The number of hydrogen-bond acceptors (Lipinski definition) is 3. The highest BCUT2D eigenvalue weighted by molar-refractivity contribution is 7.89. The van der Waals surface area contributed by atoms with Gasteiger partial charge in [0.15, 0.2) is 0 Å². The van der Waals surface area contributed by atoms with E-state index < -0.39 is 15.8 Å². The molecule has 0 spiro atoms. The van der Waals surface area contributed by atoms with Crippen LogP contribution in [0.4, 0.5) is 9.18 Å². The number of halogens is 1. The highest BCUT2D eigenvalue weighted by Gasteiger charge is 2.31. The molecule has 1 N–H and O–H groups in total. The van der Waals surface area contributed by atoms with Gasteiger partial charge in [-0.2, -0.15) is 4.31 Å². The molecule has 29 heavy (non-hydrogen) atoms. The summed E-state index contributed by atoms with van der Waals surface area (Å²) in [6.45, 7) is 5.43. The number of urea groups is 1. The molecule has 2 aromatic rings. The Hall–Kier alpha value is -2.45. The summed E-state index contributed by atoms with van der Waals surface area (Å²) in [6.07, 6.45) is 0.736. The molecule has 2 aromatic carbocycles. The summed E-state index contributed by atoms with van der Waals surface area (Å²) in [6, 6.07) is 11.4. The Morgan fingerprint density at radius 1 is 1.07 bits per heavy atom. The second-order valence-electron chi connectivity index (χ2n) is 7.23. The molecule has 0 saturated carbocycles. The molecule has 0 bridgehead atoms. The first-order valence-corrected chi connectivity index (χ1v) is 11.1. The average Bonchev–Trinajstić information content (AvgIpc) is 2.70. The van der Waals surface area contributed by atoms with Gasteiger partial charge in [-0.1, -0.05) is 35.9 Å². The van der Waals surface area contributed by atoms with Gasteiger partial charge in [-0.15, -0.1) is 0 Å². The summed E-state index contributed by atoms with van der Waals surface area (Å²) in [5, 5.41) is 2.90. The largest absolute Gasteiger partial charge is 0.338 e. The van der Waals surface area contributed by atoms with E-state index in [1.165, 1.54) is 39.2 Å². The SMILES string of the molecule is Cc1ccc(CCNC(=O)N2CCN(S(=O)(=O)c3ccccc3F)CC2)c(C)c1. The number of sulfonamides is 1. The molecule has 6 nitrogen and oxygen atoms in total. The number of benzene rings is 2. The van der Waals surface area contributed by atoms with Gasteiger partial charge in [0.1, 0.15) is 10.7 Å². The minimum Gasteiger partial charge on any atom is -0.338 e. The summed E-state index contributed by atoms with van der Waals surface area (Å²) in [4.78, 5) is 13.7. The van der Waals surface area contributed by atoms with Crippen LogP contribution in [0.25, 0.3) is 0 Å². The van der Waals surface area contributed by atoms with Crippen molar-refractivity contribution in [2.24, 2.45) is 0 Å². The van der Waals surface area contributed by atoms with Crippen molar-refractivity contribution in [1.82, 2.24) is 14.5 Å². The fourth-order valence-electron chi connectivity index (χ4n) is 3.47. The van der Waals surface area contributed by atoms with Crippen LogP contribution >= 0.6 is 0 Å². The number of nitrogens with zero attached hydrogens (tertiary/aromatic N) is 2. The van der Waals surface area contributed by atoms with Crippen LogP contribution < -0.4 is 5.32 Å². The number of carbonyl (C=O) groups excluding carboxylic acids is 1. The normalized spacial score (nSPS) is 15.3. The number of amides is 2. The first-order valence-electron chi connectivity index (χ1n) is 9.62. The molecule has 0 atom stereocenters. The van der Waals surface area contributed by atoms with Gasteiger partial charge in [0.2, 0.25) is 10.0 Å². The second kappa shape index (κ2) is 8.92. The van der Waals surface area contributed by atoms with Crippen molar-refractivity contribution in [3.63, 3.8) is 0 Å². The van der Waals surface area contributed by atoms with Crippen LogP contribution in [0, 0.1) is 19.7 Å². The van der Waals surface area contributed by atoms with E-state index in [-0.39, 0.29) is 37.1 Å². The van der Waals surface area contributed by atoms with Crippen LogP contribution in [0.1, 0.15) is 16.7 Å². The fourth-order valence-corrected chi connectivity index (χ4v) is 4.95.